The highest BCUT2D eigenvalue weighted by molar-refractivity contribution is 5.82. The van der Waals surface area contributed by atoms with Crippen molar-refractivity contribution in [2.45, 2.75) is 102 Å². The van der Waals surface area contributed by atoms with Gasteiger partial charge in [0.1, 0.15) is 5.54 Å². The Morgan fingerprint density at radius 1 is 1.16 bits per heavy atom. The molecule has 9 nitrogen and oxygen atoms in total. The van der Waals surface area contributed by atoms with Crippen LogP contribution in [0.3, 0.4) is 0 Å². The number of benzene rings is 1. The fourth-order valence-electron chi connectivity index (χ4n) is 5.27. The summed E-state index contributed by atoms with van der Waals surface area (Å²) in [5.74, 6) is -0.500. The van der Waals surface area contributed by atoms with Gasteiger partial charge in [-0.2, -0.15) is 0 Å². The maximum atomic E-state index is 13.5. The van der Waals surface area contributed by atoms with Gasteiger partial charge in [-0.25, -0.2) is 0 Å². The SMILES string of the molecule is CCCC[C@@H](NC[C@@H](CC(C)C)NC[C@H](N)Cc1ccccc1)C(=O)N(C)[C@@H](N)C[C@]1(C(=O)O)CCCN1. The second-order valence-corrected chi connectivity index (χ2v) is 11.4. The topological polar surface area (TPSA) is 146 Å². The maximum Gasteiger partial charge on any atom is 0.324 e. The van der Waals surface area contributed by atoms with Crippen LogP contribution in [-0.4, -0.2) is 78.4 Å². The van der Waals surface area contributed by atoms with Crippen molar-refractivity contribution in [3.05, 3.63) is 35.9 Å². The number of nitrogens with two attached hydrogens (primary N) is 2. The Kier molecular flexibility index (Phi) is 13.7. The summed E-state index contributed by atoms with van der Waals surface area (Å²) >= 11 is 0. The van der Waals surface area contributed by atoms with Gasteiger partial charge in [0.2, 0.25) is 5.91 Å². The Bertz CT molecular complexity index is 831. The number of unbranched alkanes of at least 4 members (excludes halogenated alkanes) is 1. The van der Waals surface area contributed by atoms with Crippen LogP contribution in [0.25, 0.3) is 0 Å². The fourth-order valence-corrected chi connectivity index (χ4v) is 5.27. The lowest BCUT2D eigenvalue weighted by atomic mass is 9.91. The molecular formula is C29H52N6O3. The van der Waals surface area contributed by atoms with Gasteiger partial charge in [0.25, 0.3) is 0 Å². The first kappa shape index (κ1) is 32.2. The number of amides is 1. The van der Waals surface area contributed by atoms with Crippen LogP contribution < -0.4 is 27.4 Å². The third kappa shape index (κ3) is 10.3. The zero-order valence-electron chi connectivity index (χ0n) is 23.9. The molecule has 0 spiro atoms. The molecule has 2 rings (SSSR count). The number of hydrogen-bond donors (Lipinski definition) is 6. The van der Waals surface area contributed by atoms with Crippen LogP contribution in [0.5, 0.6) is 0 Å². The molecule has 1 aromatic carbocycles. The number of likely N-dealkylation sites (N-methyl/N-ethyl adjacent to an activating group) is 1. The number of carbonyl (C=O) groups is 2. The second-order valence-electron chi connectivity index (χ2n) is 11.4. The van der Waals surface area contributed by atoms with E-state index in [-0.39, 0.29) is 30.5 Å². The third-order valence-corrected chi connectivity index (χ3v) is 7.58. The molecule has 38 heavy (non-hydrogen) atoms. The molecule has 0 aromatic heterocycles. The summed E-state index contributed by atoms with van der Waals surface area (Å²) in [6.07, 6.45) is 5.17. The van der Waals surface area contributed by atoms with Gasteiger partial charge in [-0.15, -0.1) is 0 Å². The quantitative estimate of drug-likeness (QED) is 0.158. The van der Waals surface area contributed by atoms with Crippen molar-refractivity contribution in [1.29, 1.82) is 0 Å². The van der Waals surface area contributed by atoms with Crippen molar-refractivity contribution >= 4 is 11.9 Å². The Hall–Kier alpha value is -2.04. The van der Waals surface area contributed by atoms with Gasteiger partial charge in [-0.05, 0) is 50.1 Å². The monoisotopic (exact) mass is 532 g/mol. The van der Waals surface area contributed by atoms with Crippen LogP contribution in [0.4, 0.5) is 0 Å². The van der Waals surface area contributed by atoms with Crippen molar-refractivity contribution in [2.24, 2.45) is 17.4 Å². The van der Waals surface area contributed by atoms with Crippen LogP contribution in [-0.2, 0) is 16.0 Å². The van der Waals surface area contributed by atoms with Gasteiger partial charge < -0.3 is 37.4 Å². The van der Waals surface area contributed by atoms with Crippen LogP contribution >= 0.6 is 0 Å². The number of carboxylic acid groups (broad SMARTS) is 1. The molecule has 0 radical (unpaired) electrons. The lowest BCUT2D eigenvalue weighted by molar-refractivity contribution is -0.146. The van der Waals surface area contributed by atoms with E-state index in [4.69, 9.17) is 11.5 Å². The number of nitrogens with zero attached hydrogens (tertiary/aromatic N) is 1. The minimum Gasteiger partial charge on any atom is -0.480 e. The molecule has 1 aliphatic heterocycles. The van der Waals surface area contributed by atoms with Crippen molar-refractivity contribution in [2.75, 3.05) is 26.7 Å². The maximum absolute atomic E-state index is 13.5. The first-order valence-corrected chi connectivity index (χ1v) is 14.3. The first-order valence-electron chi connectivity index (χ1n) is 14.3. The van der Waals surface area contributed by atoms with Crippen LogP contribution in [0.1, 0.15) is 71.3 Å². The highest BCUT2D eigenvalue weighted by Crippen LogP contribution is 2.25. The summed E-state index contributed by atoms with van der Waals surface area (Å²) in [7, 11) is 1.69. The molecule has 9 heteroatoms. The van der Waals surface area contributed by atoms with Gasteiger partial charge in [-0.1, -0.05) is 63.9 Å². The first-order chi connectivity index (χ1) is 18.1. The zero-order valence-corrected chi connectivity index (χ0v) is 23.9. The van der Waals surface area contributed by atoms with Crippen molar-refractivity contribution in [3.8, 4) is 0 Å². The normalized spacial score (nSPS) is 20.7. The Labute approximate surface area is 229 Å². The lowest BCUT2D eigenvalue weighted by Gasteiger charge is -2.35. The molecule has 0 unspecified atom stereocenters. The van der Waals surface area contributed by atoms with Gasteiger partial charge in [0.05, 0.1) is 12.2 Å². The van der Waals surface area contributed by atoms with E-state index in [0.717, 1.165) is 32.1 Å². The van der Waals surface area contributed by atoms with E-state index in [2.05, 4.69) is 48.9 Å². The van der Waals surface area contributed by atoms with Crippen molar-refractivity contribution in [3.63, 3.8) is 0 Å². The van der Waals surface area contributed by atoms with Crippen molar-refractivity contribution in [1.82, 2.24) is 20.9 Å². The molecular weight excluding hydrogens is 480 g/mol. The van der Waals surface area contributed by atoms with E-state index in [1.54, 1.807) is 7.05 Å². The molecule has 0 aliphatic carbocycles. The molecule has 5 atom stereocenters. The molecule has 1 aliphatic rings. The minimum atomic E-state index is -1.06. The number of rotatable bonds is 18. The molecule has 0 bridgehead atoms. The Balaban J connectivity index is 1.98. The molecule has 216 valence electrons. The molecule has 1 fully saturated rings. The fraction of sp³-hybridized carbons (Fsp3) is 0.724. The second kappa shape index (κ2) is 16.2. The molecule has 1 amide bonds. The van der Waals surface area contributed by atoms with Crippen LogP contribution in [0.15, 0.2) is 30.3 Å². The average Bonchev–Trinajstić information content (AvgIpc) is 3.36. The van der Waals surface area contributed by atoms with E-state index < -0.39 is 17.7 Å². The smallest absolute Gasteiger partial charge is 0.324 e. The molecule has 1 aromatic rings. The van der Waals surface area contributed by atoms with Crippen LogP contribution in [0.2, 0.25) is 0 Å². The third-order valence-electron chi connectivity index (χ3n) is 7.58. The number of nitrogens with one attached hydrogen (secondary N) is 3. The predicted molar refractivity (Wildman–Crippen MR) is 154 cm³/mol. The largest absolute Gasteiger partial charge is 0.480 e. The van der Waals surface area contributed by atoms with Crippen LogP contribution in [0, 0.1) is 5.92 Å². The summed E-state index contributed by atoms with van der Waals surface area (Å²) in [6.45, 7) is 8.48. The van der Waals surface area contributed by atoms with Gasteiger partial charge in [0, 0.05) is 38.6 Å². The molecule has 1 heterocycles. The summed E-state index contributed by atoms with van der Waals surface area (Å²) in [6, 6.07) is 10.1. The number of carboxylic acids is 1. The van der Waals surface area contributed by atoms with E-state index >= 15 is 0 Å². The molecule has 8 N–H and O–H groups in total. The van der Waals surface area contributed by atoms with E-state index in [1.807, 2.05) is 18.2 Å². The number of hydrogen-bond acceptors (Lipinski definition) is 7. The summed E-state index contributed by atoms with van der Waals surface area (Å²) in [4.78, 5) is 27.0. The minimum absolute atomic E-state index is 0.000494. The Morgan fingerprint density at radius 3 is 2.45 bits per heavy atom. The van der Waals surface area contributed by atoms with E-state index in [0.29, 0.717) is 38.4 Å². The van der Waals surface area contributed by atoms with Gasteiger partial charge >= 0.3 is 5.97 Å². The standard InChI is InChI=1S/C29H52N6O3/c1-5-6-13-25(27(36)35(4)26(31)18-29(28(37)38)14-10-15-34-29)33-20-24(16-21(2)3)32-19-23(30)17-22-11-8-7-9-12-22/h7-9,11-12,21,23-26,32-34H,5-6,10,13-20,30-31H2,1-4H3,(H,37,38)/t23-,24-,25-,26-,29+/m1/s1. The van der Waals surface area contributed by atoms with E-state index in [1.165, 1.54) is 10.5 Å². The summed E-state index contributed by atoms with van der Waals surface area (Å²) in [5, 5.41) is 20.0. The highest BCUT2D eigenvalue weighted by atomic mass is 16.4. The average molecular weight is 533 g/mol. The predicted octanol–water partition coefficient (Wildman–Crippen LogP) is 2.05. The summed E-state index contributed by atoms with van der Waals surface area (Å²) in [5.41, 5.74) is 13.0. The van der Waals surface area contributed by atoms with Gasteiger partial charge in [-0.3, -0.25) is 9.59 Å². The highest BCUT2D eigenvalue weighted by Gasteiger charge is 2.43. The van der Waals surface area contributed by atoms with Gasteiger partial charge in [0.15, 0.2) is 0 Å². The molecule has 0 saturated carbocycles. The lowest BCUT2D eigenvalue weighted by Crippen LogP contribution is -2.58. The number of carbonyl (C=O) groups excluding carboxylic acids is 1. The zero-order chi connectivity index (χ0) is 28.1. The summed E-state index contributed by atoms with van der Waals surface area (Å²) < 4.78 is 0. The number of aliphatic carboxylic acids is 1. The molecule has 1 saturated heterocycles. The Morgan fingerprint density at radius 2 is 1.87 bits per heavy atom. The van der Waals surface area contributed by atoms with E-state index in [9.17, 15) is 14.7 Å². The van der Waals surface area contributed by atoms with Crippen molar-refractivity contribution < 1.29 is 14.7 Å².